The lowest BCUT2D eigenvalue weighted by atomic mass is 9.97. The standard InChI is InChI=1S/C12H20N4O2/c1-8-4-3-5-9(2)16(8)7-10-6-11(15-18-10)12(17)14-13/h6,8-9H,3-5,7,13H2,1-2H3,(H,14,17). The average Bonchev–Trinajstić information content (AvgIpc) is 2.81. The minimum absolute atomic E-state index is 0.227. The van der Waals surface area contributed by atoms with E-state index in [1.54, 1.807) is 6.07 Å². The molecule has 0 saturated carbocycles. The summed E-state index contributed by atoms with van der Waals surface area (Å²) < 4.78 is 5.18. The number of piperidine rings is 1. The number of carbonyl (C=O) groups excluding carboxylic acids is 1. The number of nitrogens with one attached hydrogen (secondary N) is 1. The molecular weight excluding hydrogens is 232 g/mol. The Morgan fingerprint density at radius 1 is 1.56 bits per heavy atom. The maximum atomic E-state index is 11.3. The van der Waals surface area contributed by atoms with Crippen LogP contribution in [0, 0.1) is 0 Å². The molecule has 6 nitrogen and oxygen atoms in total. The van der Waals surface area contributed by atoms with Gasteiger partial charge in [-0.1, -0.05) is 11.6 Å². The molecule has 1 aromatic rings. The van der Waals surface area contributed by atoms with Crippen molar-refractivity contribution in [2.45, 2.75) is 51.7 Å². The van der Waals surface area contributed by atoms with Crippen LogP contribution in [0.4, 0.5) is 0 Å². The molecule has 0 radical (unpaired) electrons. The third-order valence-electron chi connectivity index (χ3n) is 3.64. The Morgan fingerprint density at radius 2 is 2.22 bits per heavy atom. The van der Waals surface area contributed by atoms with Crippen molar-refractivity contribution < 1.29 is 9.32 Å². The normalized spacial score (nSPS) is 25.1. The molecule has 6 heteroatoms. The largest absolute Gasteiger partial charge is 0.359 e. The fourth-order valence-corrected chi connectivity index (χ4v) is 2.53. The fourth-order valence-electron chi connectivity index (χ4n) is 2.53. The number of rotatable bonds is 3. The molecule has 100 valence electrons. The monoisotopic (exact) mass is 252 g/mol. The SMILES string of the molecule is CC1CCCC(C)N1Cc1cc(C(=O)NN)no1. The highest BCUT2D eigenvalue weighted by Gasteiger charge is 2.26. The van der Waals surface area contributed by atoms with Gasteiger partial charge in [-0.05, 0) is 26.7 Å². The molecule has 3 N–H and O–H groups in total. The molecule has 1 aliphatic heterocycles. The van der Waals surface area contributed by atoms with Crippen LogP contribution in [0.25, 0.3) is 0 Å². The Morgan fingerprint density at radius 3 is 2.83 bits per heavy atom. The third-order valence-corrected chi connectivity index (χ3v) is 3.64. The Balaban J connectivity index is 2.04. The molecule has 18 heavy (non-hydrogen) atoms. The predicted molar refractivity (Wildman–Crippen MR) is 66.5 cm³/mol. The molecule has 2 atom stereocenters. The van der Waals surface area contributed by atoms with Crippen molar-refractivity contribution in [1.29, 1.82) is 0 Å². The highest BCUT2D eigenvalue weighted by molar-refractivity contribution is 5.91. The van der Waals surface area contributed by atoms with Crippen molar-refractivity contribution in [1.82, 2.24) is 15.5 Å². The number of nitrogen functional groups attached to an aromatic ring is 1. The van der Waals surface area contributed by atoms with Gasteiger partial charge in [0.15, 0.2) is 11.5 Å². The Labute approximate surface area is 106 Å². The molecule has 1 aromatic heterocycles. The van der Waals surface area contributed by atoms with Crippen LogP contribution >= 0.6 is 0 Å². The summed E-state index contributed by atoms with van der Waals surface area (Å²) in [6.45, 7) is 5.13. The van der Waals surface area contributed by atoms with Crippen molar-refractivity contribution in [2.75, 3.05) is 0 Å². The van der Waals surface area contributed by atoms with E-state index in [1.807, 2.05) is 5.43 Å². The minimum atomic E-state index is -0.426. The van der Waals surface area contributed by atoms with Crippen molar-refractivity contribution in [3.05, 3.63) is 17.5 Å². The van der Waals surface area contributed by atoms with Gasteiger partial charge in [-0.25, -0.2) is 5.84 Å². The van der Waals surface area contributed by atoms with Gasteiger partial charge >= 0.3 is 0 Å². The number of likely N-dealkylation sites (tertiary alicyclic amines) is 1. The van der Waals surface area contributed by atoms with Crippen LogP contribution < -0.4 is 11.3 Å². The Hall–Kier alpha value is -1.40. The highest BCUT2D eigenvalue weighted by atomic mass is 16.5. The van der Waals surface area contributed by atoms with E-state index in [0.717, 1.165) is 0 Å². The van der Waals surface area contributed by atoms with E-state index in [0.29, 0.717) is 24.4 Å². The van der Waals surface area contributed by atoms with E-state index >= 15 is 0 Å². The zero-order valence-corrected chi connectivity index (χ0v) is 10.8. The van der Waals surface area contributed by atoms with Crippen molar-refractivity contribution in [2.24, 2.45) is 5.84 Å². The lowest BCUT2D eigenvalue weighted by molar-refractivity contribution is 0.0842. The third kappa shape index (κ3) is 2.70. The average molecular weight is 252 g/mol. The van der Waals surface area contributed by atoms with Crippen molar-refractivity contribution in [3.63, 3.8) is 0 Å². The molecule has 1 fully saturated rings. The molecule has 1 amide bonds. The van der Waals surface area contributed by atoms with Gasteiger partial charge < -0.3 is 4.52 Å². The van der Waals surface area contributed by atoms with E-state index in [4.69, 9.17) is 10.4 Å². The summed E-state index contributed by atoms with van der Waals surface area (Å²) in [7, 11) is 0. The molecule has 0 bridgehead atoms. The van der Waals surface area contributed by atoms with Crippen LogP contribution in [0.5, 0.6) is 0 Å². The van der Waals surface area contributed by atoms with E-state index in [1.165, 1.54) is 19.3 Å². The molecule has 2 unspecified atom stereocenters. The summed E-state index contributed by atoms with van der Waals surface area (Å²) in [4.78, 5) is 13.7. The first-order valence-electron chi connectivity index (χ1n) is 6.34. The molecule has 1 aliphatic rings. The summed E-state index contributed by atoms with van der Waals surface area (Å²) in [6.07, 6.45) is 3.68. The van der Waals surface area contributed by atoms with Crippen molar-refractivity contribution >= 4 is 5.91 Å². The molecule has 0 aliphatic carbocycles. The smallest absolute Gasteiger partial charge is 0.287 e. The Kier molecular flexibility index (Phi) is 3.98. The Bertz CT molecular complexity index is 408. The molecular formula is C12H20N4O2. The molecule has 0 spiro atoms. The molecule has 0 aromatic carbocycles. The molecule has 2 rings (SSSR count). The van der Waals surface area contributed by atoms with Gasteiger partial charge in [0.1, 0.15) is 0 Å². The van der Waals surface area contributed by atoms with E-state index in [2.05, 4.69) is 23.9 Å². The van der Waals surface area contributed by atoms with Gasteiger partial charge in [0, 0.05) is 18.2 Å². The van der Waals surface area contributed by atoms with Crippen LogP contribution in [0.1, 0.15) is 49.4 Å². The number of hydrazine groups is 1. The maximum absolute atomic E-state index is 11.3. The first-order chi connectivity index (χ1) is 8.61. The number of hydrogen-bond donors (Lipinski definition) is 2. The molecule has 2 heterocycles. The zero-order valence-electron chi connectivity index (χ0n) is 10.8. The van der Waals surface area contributed by atoms with Gasteiger partial charge in [0.05, 0.1) is 6.54 Å². The van der Waals surface area contributed by atoms with Gasteiger partial charge in [0.2, 0.25) is 0 Å². The number of carbonyl (C=O) groups is 1. The lowest BCUT2D eigenvalue weighted by Gasteiger charge is -2.38. The molecule has 1 saturated heterocycles. The second-order valence-electron chi connectivity index (χ2n) is 4.95. The quantitative estimate of drug-likeness (QED) is 0.477. The van der Waals surface area contributed by atoms with Gasteiger partial charge in [0.25, 0.3) is 5.91 Å². The minimum Gasteiger partial charge on any atom is -0.359 e. The highest BCUT2D eigenvalue weighted by Crippen LogP contribution is 2.24. The maximum Gasteiger partial charge on any atom is 0.287 e. The van der Waals surface area contributed by atoms with E-state index in [-0.39, 0.29) is 5.69 Å². The fraction of sp³-hybridized carbons (Fsp3) is 0.667. The summed E-state index contributed by atoms with van der Waals surface area (Å²) >= 11 is 0. The number of nitrogens with two attached hydrogens (primary N) is 1. The lowest BCUT2D eigenvalue weighted by Crippen LogP contribution is -2.42. The van der Waals surface area contributed by atoms with Gasteiger partial charge in [-0.2, -0.15) is 0 Å². The number of amides is 1. The van der Waals surface area contributed by atoms with Crippen molar-refractivity contribution in [3.8, 4) is 0 Å². The van der Waals surface area contributed by atoms with Crippen LogP contribution in [-0.4, -0.2) is 28.0 Å². The summed E-state index contributed by atoms with van der Waals surface area (Å²) in [6, 6.07) is 2.72. The first-order valence-corrected chi connectivity index (χ1v) is 6.34. The number of hydrogen-bond acceptors (Lipinski definition) is 5. The van der Waals surface area contributed by atoms with Crippen LogP contribution in [0.15, 0.2) is 10.6 Å². The van der Waals surface area contributed by atoms with Gasteiger partial charge in [-0.15, -0.1) is 0 Å². The topological polar surface area (TPSA) is 84.4 Å². The number of nitrogens with zero attached hydrogens (tertiary/aromatic N) is 2. The zero-order chi connectivity index (χ0) is 13.1. The van der Waals surface area contributed by atoms with Crippen LogP contribution in [-0.2, 0) is 6.54 Å². The first kappa shape index (κ1) is 13.0. The van der Waals surface area contributed by atoms with E-state index in [9.17, 15) is 4.79 Å². The number of aromatic nitrogens is 1. The second kappa shape index (κ2) is 5.49. The van der Waals surface area contributed by atoms with E-state index < -0.39 is 5.91 Å². The second-order valence-corrected chi connectivity index (χ2v) is 4.95. The summed E-state index contributed by atoms with van der Waals surface area (Å²) in [5, 5.41) is 3.71. The van der Waals surface area contributed by atoms with Crippen LogP contribution in [0.3, 0.4) is 0 Å². The van der Waals surface area contributed by atoms with Gasteiger partial charge in [-0.3, -0.25) is 15.1 Å². The van der Waals surface area contributed by atoms with Crippen LogP contribution in [0.2, 0.25) is 0 Å². The summed E-state index contributed by atoms with van der Waals surface area (Å²) in [5.74, 6) is 5.33. The predicted octanol–water partition coefficient (Wildman–Crippen LogP) is 1.04. The summed E-state index contributed by atoms with van der Waals surface area (Å²) in [5.41, 5.74) is 2.27.